The summed E-state index contributed by atoms with van der Waals surface area (Å²) in [6, 6.07) is 10.4. The Labute approximate surface area is 152 Å². The maximum absolute atomic E-state index is 12.4. The van der Waals surface area contributed by atoms with Gasteiger partial charge in [-0.3, -0.25) is 9.69 Å². The normalized spacial score (nSPS) is 16.5. The number of aromatic hydroxyl groups is 1. The molecule has 0 radical (unpaired) electrons. The number of anilines is 2. The fourth-order valence-corrected chi connectivity index (χ4v) is 2.99. The van der Waals surface area contributed by atoms with E-state index in [0.29, 0.717) is 10.8 Å². The molecule has 132 valence electrons. The molecule has 0 aliphatic carbocycles. The summed E-state index contributed by atoms with van der Waals surface area (Å²) in [7, 11) is 0. The number of carbonyl (C=O) groups excluding carboxylic acids is 1. The molecule has 1 amide bonds. The lowest BCUT2D eigenvalue weighted by molar-refractivity contribution is -0.120. The monoisotopic (exact) mass is 360 g/mol. The van der Waals surface area contributed by atoms with Gasteiger partial charge >= 0.3 is 0 Å². The van der Waals surface area contributed by atoms with Crippen LogP contribution in [0.15, 0.2) is 42.6 Å². The van der Waals surface area contributed by atoms with Crippen molar-refractivity contribution >= 4 is 29.0 Å². The summed E-state index contributed by atoms with van der Waals surface area (Å²) in [5, 5.41) is 12.7. The molecule has 0 saturated carbocycles. The molecular weight excluding hydrogens is 340 g/mol. The second-order valence-corrected chi connectivity index (χ2v) is 6.50. The maximum Gasteiger partial charge on any atom is 0.242 e. The summed E-state index contributed by atoms with van der Waals surface area (Å²) in [4.78, 5) is 20.9. The van der Waals surface area contributed by atoms with Crippen LogP contribution in [0.25, 0.3) is 0 Å². The quantitative estimate of drug-likeness (QED) is 0.877. The highest BCUT2D eigenvalue weighted by Crippen LogP contribution is 2.20. The molecule has 1 aromatic heterocycles. The van der Waals surface area contributed by atoms with Crippen LogP contribution >= 0.6 is 11.6 Å². The molecule has 0 spiro atoms. The van der Waals surface area contributed by atoms with Crippen molar-refractivity contribution in [2.45, 2.75) is 13.0 Å². The average molecular weight is 361 g/mol. The van der Waals surface area contributed by atoms with Crippen molar-refractivity contribution in [2.75, 3.05) is 36.4 Å². The first-order chi connectivity index (χ1) is 12.0. The second-order valence-electron chi connectivity index (χ2n) is 6.07. The molecule has 1 atom stereocenters. The lowest BCUT2D eigenvalue weighted by atomic mass is 10.2. The van der Waals surface area contributed by atoms with Crippen molar-refractivity contribution in [3.8, 4) is 5.75 Å². The van der Waals surface area contributed by atoms with E-state index in [9.17, 15) is 9.90 Å². The van der Waals surface area contributed by atoms with E-state index in [1.54, 1.807) is 24.3 Å². The van der Waals surface area contributed by atoms with E-state index < -0.39 is 0 Å². The Bertz CT molecular complexity index is 713. The number of hydrogen-bond donors (Lipinski definition) is 2. The van der Waals surface area contributed by atoms with Gasteiger partial charge in [-0.25, -0.2) is 4.98 Å². The molecule has 1 aromatic carbocycles. The fraction of sp³-hybridized carbons (Fsp3) is 0.333. The zero-order valence-electron chi connectivity index (χ0n) is 14.0. The lowest BCUT2D eigenvalue weighted by Crippen LogP contribution is -2.52. The molecule has 0 bridgehead atoms. The van der Waals surface area contributed by atoms with E-state index in [0.717, 1.165) is 31.9 Å². The van der Waals surface area contributed by atoms with Crippen LogP contribution in [-0.4, -0.2) is 53.1 Å². The van der Waals surface area contributed by atoms with Crippen LogP contribution in [-0.2, 0) is 4.79 Å². The Hall–Kier alpha value is -2.31. The third-order valence-corrected chi connectivity index (χ3v) is 4.66. The van der Waals surface area contributed by atoms with Gasteiger partial charge in [0.05, 0.1) is 11.1 Å². The van der Waals surface area contributed by atoms with Gasteiger partial charge in [0.1, 0.15) is 11.6 Å². The van der Waals surface area contributed by atoms with E-state index >= 15 is 0 Å². The molecule has 2 N–H and O–H groups in total. The van der Waals surface area contributed by atoms with Crippen LogP contribution < -0.4 is 10.2 Å². The number of nitrogens with zero attached hydrogens (tertiary/aromatic N) is 3. The summed E-state index contributed by atoms with van der Waals surface area (Å²) >= 11 is 5.80. The Morgan fingerprint density at radius 1 is 1.16 bits per heavy atom. The standard InChI is InChI=1S/C18H21ClN4O2/c1-13(18(25)21-17-7-2-14(19)12-20-17)22-8-10-23(11-9-22)15-3-5-16(24)6-4-15/h2-7,12-13,24H,8-11H2,1H3,(H,20,21,25)/t13-/m1/s1. The number of benzene rings is 1. The minimum atomic E-state index is -0.237. The molecule has 1 aliphatic rings. The topological polar surface area (TPSA) is 68.7 Å². The predicted octanol–water partition coefficient (Wildman–Crippen LogP) is 2.59. The van der Waals surface area contributed by atoms with Crippen LogP contribution in [0.5, 0.6) is 5.75 Å². The molecular formula is C18H21ClN4O2. The van der Waals surface area contributed by atoms with Gasteiger partial charge < -0.3 is 15.3 Å². The SMILES string of the molecule is C[C@H](C(=O)Nc1ccc(Cl)cn1)N1CCN(c2ccc(O)cc2)CC1. The van der Waals surface area contributed by atoms with Gasteiger partial charge in [0.2, 0.25) is 5.91 Å². The Morgan fingerprint density at radius 3 is 2.44 bits per heavy atom. The number of aromatic nitrogens is 1. The summed E-state index contributed by atoms with van der Waals surface area (Å²) in [6.07, 6.45) is 1.51. The molecule has 1 aliphatic heterocycles. The molecule has 25 heavy (non-hydrogen) atoms. The zero-order valence-corrected chi connectivity index (χ0v) is 14.8. The van der Waals surface area contributed by atoms with Crippen LogP contribution in [0.1, 0.15) is 6.92 Å². The number of piperazine rings is 1. The van der Waals surface area contributed by atoms with Gasteiger partial charge in [0.25, 0.3) is 0 Å². The number of phenols is 1. The van der Waals surface area contributed by atoms with Crippen LogP contribution in [0.4, 0.5) is 11.5 Å². The largest absolute Gasteiger partial charge is 0.508 e. The molecule has 2 heterocycles. The Morgan fingerprint density at radius 2 is 1.84 bits per heavy atom. The van der Waals surface area contributed by atoms with E-state index in [2.05, 4.69) is 20.1 Å². The number of hydrogen-bond acceptors (Lipinski definition) is 5. The molecule has 3 rings (SSSR count). The number of halogens is 1. The van der Waals surface area contributed by atoms with Crippen molar-refractivity contribution in [1.29, 1.82) is 0 Å². The Kier molecular flexibility index (Phi) is 5.40. The maximum atomic E-state index is 12.4. The van der Waals surface area contributed by atoms with Gasteiger partial charge in [-0.1, -0.05) is 11.6 Å². The van der Waals surface area contributed by atoms with E-state index in [1.807, 2.05) is 19.1 Å². The van der Waals surface area contributed by atoms with E-state index in [-0.39, 0.29) is 17.7 Å². The summed E-state index contributed by atoms with van der Waals surface area (Å²) < 4.78 is 0. The number of rotatable bonds is 4. The molecule has 1 saturated heterocycles. The highest BCUT2D eigenvalue weighted by Gasteiger charge is 2.25. The average Bonchev–Trinajstić information content (AvgIpc) is 2.64. The minimum absolute atomic E-state index is 0.0760. The van der Waals surface area contributed by atoms with E-state index in [1.165, 1.54) is 6.20 Å². The van der Waals surface area contributed by atoms with Crippen molar-refractivity contribution in [3.63, 3.8) is 0 Å². The first-order valence-corrected chi connectivity index (χ1v) is 8.61. The first kappa shape index (κ1) is 17.5. The first-order valence-electron chi connectivity index (χ1n) is 8.23. The van der Waals surface area contributed by atoms with Crippen molar-refractivity contribution in [3.05, 3.63) is 47.6 Å². The molecule has 7 heteroatoms. The summed E-state index contributed by atoms with van der Waals surface area (Å²) in [6.45, 7) is 5.16. The molecule has 1 fully saturated rings. The second kappa shape index (κ2) is 7.72. The van der Waals surface area contributed by atoms with Gasteiger partial charge in [-0.2, -0.15) is 0 Å². The lowest BCUT2D eigenvalue weighted by Gasteiger charge is -2.38. The van der Waals surface area contributed by atoms with Crippen molar-refractivity contribution in [1.82, 2.24) is 9.88 Å². The van der Waals surface area contributed by atoms with Gasteiger partial charge in [-0.15, -0.1) is 0 Å². The van der Waals surface area contributed by atoms with E-state index in [4.69, 9.17) is 11.6 Å². The van der Waals surface area contributed by atoms with Gasteiger partial charge in [0, 0.05) is 38.1 Å². The summed E-state index contributed by atoms with van der Waals surface area (Å²) in [5.41, 5.74) is 1.08. The molecule has 6 nitrogen and oxygen atoms in total. The third kappa shape index (κ3) is 4.41. The van der Waals surface area contributed by atoms with Gasteiger partial charge in [0.15, 0.2) is 0 Å². The van der Waals surface area contributed by atoms with Crippen molar-refractivity contribution in [2.24, 2.45) is 0 Å². The fourth-order valence-electron chi connectivity index (χ4n) is 2.88. The molecule has 0 unspecified atom stereocenters. The smallest absolute Gasteiger partial charge is 0.242 e. The number of amides is 1. The number of phenolic OH excluding ortho intramolecular Hbond substituents is 1. The summed E-state index contributed by atoms with van der Waals surface area (Å²) in [5.74, 6) is 0.695. The highest BCUT2D eigenvalue weighted by molar-refractivity contribution is 6.30. The zero-order chi connectivity index (χ0) is 17.8. The van der Waals surface area contributed by atoms with Crippen molar-refractivity contribution < 1.29 is 9.90 Å². The minimum Gasteiger partial charge on any atom is -0.508 e. The predicted molar refractivity (Wildman–Crippen MR) is 99.2 cm³/mol. The third-order valence-electron chi connectivity index (χ3n) is 4.43. The number of carbonyl (C=O) groups is 1. The van der Waals surface area contributed by atoms with Crippen LogP contribution in [0, 0.1) is 0 Å². The highest BCUT2D eigenvalue weighted by atomic mass is 35.5. The Balaban J connectivity index is 1.53. The van der Waals surface area contributed by atoms with Crippen LogP contribution in [0.3, 0.4) is 0 Å². The van der Waals surface area contributed by atoms with Crippen LogP contribution in [0.2, 0.25) is 5.02 Å². The molecule has 2 aromatic rings. The number of pyridine rings is 1. The number of nitrogens with one attached hydrogen (secondary N) is 1. The van der Waals surface area contributed by atoms with Gasteiger partial charge in [-0.05, 0) is 43.3 Å².